The van der Waals surface area contributed by atoms with E-state index in [4.69, 9.17) is 15.2 Å². The van der Waals surface area contributed by atoms with Crippen molar-refractivity contribution in [3.05, 3.63) is 40.5 Å². The van der Waals surface area contributed by atoms with Crippen molar-refractivity contribution in [3.63, 3.8) is 0 Å². The van der Waals surface area contributed by atoms with Gasteiger partial charge in [-0.25, -0.2) is 13.6 Å². The molecule has 180 valence electrons. The molecule has 0 radical (unpaired) electrons. The SMILES string of the molecule is Cc1ccc(COc2nsc(NC(=O)NCCCCN3CCOCC3)c2C(N)=O)c(F)c1F. The molecule has 33 heavy (non-hydrogen) atoms. The molecule has 1 aliphatic heterocycles. The van der Waals surface area contributed by atoms with Crippen molar-refractivity contribution in [2.75, 3.05) is 44.7 Å². The summed E-state index contributed by atoms with van der Waals surface area (Å²) in [7, 11) is 0. The lowest BCUT2D eigenvalue weighted by Crippen LogP contribution is -2.37. The first-order valence-corrected chi connectivity index (χ1v) is 11.3. The first kappa shape index (κ1) is 24.8. The third kappa shape index (κ3) is 6.83. The molecular weight excluding hydrogens is 456 g/mol. The van der Waals surface area contributed by atoms with Crippen LogP contribution in [-0.2, 0) is 11.3 Å². The van der Waals surface area contributed by atoms with E-state index in [2.05, 4.69) is 19.9 Å². The normalized spacial score (nSPS) is 14.2. The molecule has 0 spiro atoms. The topological polar surface area (TPSA) is 119 Å². The summed E-state index contributed by atoms with van der Waals surface area (Å²) in [6.07, 6.45) is 1.73. The second-order valence-electron chi connectivity index (χ2n) is 7.56. The van der Waals surface area contributed by atoms with Gasteiger partial charge >= 0.3 is 6.03 Å². The largest absolute Gasteiger partial charge is 0.471 e. The molecule has 0 saturated carbocycles. The molecule has 0 atom stereocenters. The second kappa shape index (κ2) is 11.9. The van der Waals surface area contributed by atoms with Gasteiger partial charge in [0, 0.05) is 25.2 Å². The van der Waals surface area contributed by atoms with Crippen LogP contribution >= 0.6 is 11.5 Å². The zero-order chi connectivity index (χ0) is 23.8. The molecule has 4 N–H and O–H groups in total. The number of aromatic nitrogens is 1. The van der Waals surface area contributed by atoms with Crippen LogP contribution in [0.15, 0.2) is 12.1 Å². The number of urea groups is 1. The Kier molecular flexibility index (Phi) is 8.92. The molecule has 2 heterocycles. The van der Waals surface area contributed by atoms with Crippen molar-refractivity contribution in [1.29, 1.82) is 0 Å². The van der Waals surface area contributed by atoms with Gasteiger partial charge in [-0.15, -0.1) is 0 Å². The van der Waals surface area contributed by atoms with Crippen molar-refractivity contribution in [1.82, 2.24) is 14.6 Å². The lowest BCUT2D eigenvalue weighted by molar-refractivity contribution is 0.0372. The number of primary amides is 1. The van der Waals surface area contributed by atoms with Crippen molar-refractivity contribution in [3.8, 4) is 5.88 Å². The van der Waals surface area contributed by atoms with Crippen LogP contribution in [0.3, 0.4) is 0 Å². The van der Waals surface area contributed by atoms with Gasteiger partial charge in [0.05, 0.1) is 13.2 Å². The van der Waals surface area contributed by atoms with Gasteiger partial charge in [-0.2, -0.15) is 4.37 Å². The van der Waals surface area contributed by atoms with Crippen molar-refractivity contribution >= 4 is 28.5 Å². The standard InChI is InChI=1S/C21H27F2N5O4S/c1-13-4-5-14(17(23)16(13)22)12-32-19-15(18(24)29)20(33-27-19)26-21(30)25-6-2-3-7-28-8-10-31-11-9-28/h4-5H,2-3,6-12H2,1H3,(H2,24,29)(H2,25,26,30). The van der Waals surface area contributed by atoms with Crippen molar-refractivity contribution in [2.24, 2.45) is 5.73 Å². The van der Waals surface area contributed by atoms with E-state index < -0.39 is 23.6 Å². The number of rotatable bonds is 10. The summed E-state index contributed by atoms with van der Waals surface area (Å²) in [5.74, 6) is -3.02. The van der Waals surface area contributed by atoms with Crippen LogP contribution in [0.1, 0.15) is 34.3 Å². The summed E-state index contributed by atoms with van der Waals surface area (Å²) in [4.78, 5) is 26.4. The molecular formula is C21H27F2N5O4S. The summed E-state index contributed by atoms with van der Waals surface area (Å²) in [6.45, 7) is 5.84. The fraction of sp³-hybridized carbons (Fsp3) is 0.476. The highest BCUT2D eigenvalue weighted by molar-refractivity contribution is 7.11. The van der Waals surface area contributed by atoms with Gasteiger partial charge in [0.2, 0.25) is 5.88 Å². The minimum atomic E-state index is -1.03. The van der Waals surface area contributed by atoms with Crippen LogP contribution in [0.4, 0.5) is 18.6 Å². The third-order valence-electron chi connectivity index (χ3n) is 5.14. The second-order valence-corrected chi connectivity index (χ2v) is 8.33. The van der Waals surface area contributed by atoms with Crippen LogP contribution in [0, 0.1) is 18.6 Å². The zero-order valence-corrected chi connectivity index (χ0v) is 19.1. The van der Waals surface area contributed by atoms with Crippen LogP contribution in [-0.4, -0.2) is 60.6 Å². The van der Waals surface area contributed by atoms with Crippen LogP contribution in [0.2, 0.25) is 0 Å². The van der Waals surface area contributed by atoms with E-state index in [-0.39, 0.29) is 34.2 Å². The molecule has 0 bridgehead atoms. The average Bonchev–Trinajstić information content (AvgIpc) is 3.20. The highest BCUT2D eigenvalue weighted by atomic mass is 32.1. The number of hydrogen-bond donors (Lipinski definition) is 3. The average molecular weight is 484 g/mol. The Bertz CT molecular complexity index is 982. The number of halogens is 2. The number of carbonyl (C=O) groups is 2. The number of unbranched alkanes of at least 4 members (excludes halogenated alkanes) is 1. The minimum absolute atomic E-state index is 0.0362. The molecule has 1 aliphatic rings. The van der Waals surface area contributed by atoms with E-state index in [9.17, 15) is 18.4 Å². The van der Waals surface area contributed by atoms with Gasteiger partial charge in [0.1, 0.15) is 17.2 Å². The summed E-state index contributed by atoms with van der Waals surface area (Å²) in [6, 6.07) is 2.30. The fourth-order valence-corrected chi connectivity index (χ4v) is 3.99. The molecule has 1 fully saturated rings. The monoisotopic (exact) mass is 483 g/mol. The van der Waals surface area contributed by atoms with E-state index in [1.807, 2.05) is 0 Å². The molecule has 3 amide bonds. The maximum absolute atomic E-state index is 14.0. The Hall–Kier alpha value is -2.83. The first-order valence-electron chi connectivity index (χ1n) is 10.6. The minimum Gasteiger partial charge on any atom is -0.471 e. The quantitative estimate of drug-likeness (QED) is 0.447. The number of nitrogens with one attached hydrogen (secondary N) is 2. The Morgan fingerprint density at radius 1 is 1.24 bits per heavy atom. The molecule has 9 nitrogen and oxygen atoms in total. The van der Waals surface area contributed by atoms with Gasteiger partial charge in [0.15, 0.2) is 11.6 Å². The molecule has 0 aliphatic carbocycles. The number of carbonyl (C=O) groups excluding carboxylic acids is 2. The van der Waals surface area contributed by atoms with Gasteiger partial charge < -0.3 is 20.5 Å². The number of nitrogens with zero attached hydrogens (tertiary/aromatic N) is 2. The van der Waals surface area contributed by atoms with Crippen molar-refractivity contribution in [2.45, 2.75) is 26.4 Å². The predicted octanol–water partition coefficient (Wildman–Crippen LogP) is 2.64. The van der Waals surface area contributed by atoms with Gasteiger partial charge in [-0.05, 0) is 43.4 Å². The number of nitrogens with two attached hydrogens (primary N) is 1. The Balaban J connectivity index is 1.49. The highest BCUT2D eigenvalue weighted by Gasteiger charge is 2.22. The maximum atomic E-state index is 14.0. The molecule has 1 aromatic heterocycles. The fourth-order valence-electron chi connectivity index (χ4n) is 3.25. The number of aryl methyl sites for hydroxylation is 1. The molecule has 12 heteroatoms. The molecule has 3 rings (SSSR count). The van der Waals surface area contributed by atoms with Gasteiger partial charge in [-0.3, -0.25) is 15.0 Å². The number of ether oxygens (including phenoxy) is 2. The predicted molar refractivity (Wildman–Crippen MR) is 120 cm³/mol. The highest BCUT2D eigenvalue weighted by Crippen LogP contribution is 2.31. The van der Waals surface area contributed by atoms with E-state index >= 15 is 0 Å². The Morgan fingerprint density at radius 3 is 2.73 bits per heavy atom. The third-order valence-corrected chi connectivity index (χ3v) is 5.89. The Labute approximate surface area is 194 Å². The lowest BCUT2D eigenvalue weighted by atomic mass is 10.1. The van der Waals surface area contributed by atoms with E-state index in [0.717, 1.165) is 57.2 Å². The van der Waals surface area contributed by atoms with Crippen LogP contribution < -0.4 is 21.1 Å². The van der Waals surface area contributed by atoms with E-state index in [1.165, 1.54) is 19.1 Å². The molecule has 1 aromatic carbocycles. The summed E-state index contributed by atoms with van der Waals surface area (Å²) in [5.41, 5.74) is 5.42. The number of amides is 3. The first-order chi connectivity index (χ1) is 15.9. The molecule has 0 unspecified atom stereocenters. The lowest BCUT2D eigenvalue weighted by Gasteiger charge is -2.26. The summed E-state index contributed by atoms with van der Waals surface area (Å²) < 4.78 is 42.5. The molecule has 1 saturated heterocycles. The number of hydrogen-bond acceptors (Lipinski definition) is 7. The zero-order valence-electron chi connectivity index (χ0n) is 18.3. The number of benzene rings is 1. The maximum Gasteiger partial charge on any atom is 0.319 e. The molecule has 2 aromatic rings. The summed E-state index contributed by atoms with van der Waals surface area (Å²) in [5, 5.41) is 5.38. The number of morpholine rings is 1. The number of anilines is 1. The van der Waals surface area contributed by atoms with Gasteiger partial charge in [0.25, 0.3) is 5.91 Å². The van der Waals surface area contributed by atoms with Gasteiger partial charge in [-0.1, -0.05) is 12.1 Å². The van der Waals surface area contributed by atoms with E-state index in [1.54, 1.807) is 0 Å². The summed E-state index contributed by atoms with van der Waals surface area (Å²) >= 11 is 0.806. The van der Waals surface area contributed by atoms with E-state index in [0.29, 0.717) is 6.54 Å². The van der Waals surface area contributed by atoms with Crippen LogP contribution in [0.25, 0.3) is 0 Å². The smallest absolute Gasteiger partial charge is 0.319 e. The van der Waals surface area contributed by atoms with Crippen molar-refractivity contribution < 1.29 is 27.8 Å². The Morgan fingerprint density at radius 2 is 2.00 bits per heavy atom. The van der Waals surface area contributed by atoms with Crippen LogP contribution in [0.5, 0.6) is 5.88 Å².